The highest BCUT2D eigenvalue weighted by Gasteiger charge is 2.80. The Bertz CT molecular complexity index is 1590. The van der Waals surface area contributed by atoms with Gasteiger partial charge in [-0.05, 0) is 12.1 Å². The fourth-order valence-corrected chi connectivity index (χ4v) is 8.13. The molecule has 2 fully saturated rings. The predicted octanol–water partition coefficient (Wildman–Crippen LogP) is 3.63. The van der Waals surface area contributed by atoms with Crippen LogP contribution in [0.1, 0.15) is 27.7 Å². The largest absolute Gasteiger partial charge is 0.360 e. The van der Waals surface area contributed by atoms with Crippen LogP contribution in [-0.2, 0) is 10.3 Å². The molecule has 0 bridgehead atoms. The molecule has 2 saturated heterocycles. The number of hydrogen-bond donors (Lipinski definition) is 2. The lowest BCUT2D eigenvalue weighted by Gasteiger charge is -2.41. The van der Waals surface area contributed by atoms with Crippen LogP contribution in [0.15, 0.2) is 67.1 Å². The number of fused-ring (bicyclic) bond motifs is 5. The molecule has 36 heavy (non-hydrogen) atoms. The summed E-state index contributed by atoms with van der Waals surface area (Å²) in [7, 11) is 1.73. The number of hydrogen-bond acceptors (Lipinski definition) is 6. The molecule has 9 heteroatoms. The Labute approximate surface area is 211 Å². The molecule has 0 saturated carbocycles. The van der Waals surface area contributed by atoms with Crippen LogP contribution < -0.4 is 4.90 Å². The molecule has 1 amide bonds. The number of imidazole rings is 1. The number of thioether (sulfide) groups is 1. The van der Waals surface area contributed by atoms with Gasteiger partial charge in [0, 0.05) is 71.0 Å². The lowest BCUT2D eigenvalue weighted by Crippen LogP contribution is -2.60. The fourth-order valence-electron chi connectivity index (χ4n) is 6.83. The highest BCUT2D eigenvalue weighted by atomic mass is 32.2. The first kappa shape index (κ1) is 21.4. The molecule has 4 atom stereocenters. The molecule has 5 heterocycles. The number of ketones is 1. The summed E-state index contributed by atoms with van der Waals surface area (Å²) in [5.74, 6) is 0.551. The summed E-state index contributed by atoms with van der Waals surface area (Å²) < 4.78 is 0. The molecule has 3 aliphatic heterocycles. The van der Waals surface area contributed by atoms with E-state index in [-0.39, 0.29) is 17.7 Å². The first-order chi connectivity index (χ1) is 17.6. The zero-order chi connectivity index (χ0) is 24.7. The van der Waals surface area contributed by atoms with E-state index in [0.29, 0.717) is 28.6 Å². The van der Waals surface area contributed by atoms with Crippen molar-refractivity contribution < 1.29 is 9.59 Å². The predicted molar refractivity (Wildman–Crippen MR) is 136 cm³/mol. The number of H-pyrrole nitrogens is 2. The van der Waals surface area contributed by atoms with E-state index in [1.54, 1.807) is 42.3 Å². The Morgan fingerprint density at radius 1 is 1.19 bits per heavy atom. The minimum atomic E-state index is -1.75. The molecule has 2 aromatic carbocycles. The lowest BCUT2D eigenvalue weighted by atomic mass is 9.59. The van der Waals surface area contributed by atoms with Crippen molar-refractivity contribution in [3.63, 3.8) is 0 Å². The molecule has 178 valence electrons. The molecule has 1 unspecified atom stereocenters. The second-order valence-corrected chi connectivity index (χ2v) is 10.6. The molecule has 2 N–H and O–H groups in total. The van der Waals surface area contributed by atoms with E-state index in [0.717, 1.165) is 16.6 Å². The van der Waals surface area contributed by atoms with Crippen molar-refractivity contribution in [3.05, 3.63) is 84.1 Å². The van der Waals surface area contributed by atoms with Crippen molar-refractivity contribution >= 4 is 40.0 Å². The van der Waals surface area contributed by atoms with Crippen LogP contribution >= 0.6 is 11.8 Å². The van der Waals surface area contributed by atoms with E-state index in [4.69, 9.17) is 0 Å². The number of anilines is 1. The average molecular weight is 495 g/mol. The summed E-state index contributed by atoms with van der Waals surface area (Å²) in [6, 6.07) is 17.4. The van der Waals surface area contributed by atoms with Crippen molar-refractivity contribution in [1.29, 1.82) is 5.26 Å². The second-order valence-electron chi connectivity index (χ2n) is 9.58. The van der Waals surface area contributed by atoms with Gasteiger partial charge in [0.15, 0.2) is 16.7 Å². The number of carbonyl (C=O) groups is 2. The van der Waals surface area contributed by atoms with Gasteiger partial charge in [-0.2, -0.15) is 5.26 Å². The van der Waals surface area contributed by atoms with Crippen molar-refractivity contribution in [3.8, 4) is 6.07 Å². The number of nitrogens with zero attached hydrogens (tertiary/aromatic N) is 4. The number of nitriles is 1. The van der Waals surface area contributed by atoms with Gasteiger partial charge >= 0.3 is 0 Å². The van der Waals surface area contributed by atoms with E-state index in [1.165, 1.54) is 0 Å². The van der Waals surface area contributed by atoms with Gasteiger partial charge in [0.25, 0.3) is 5.91 Å². The van der Waals surface area contributed by atoms with Crippen LogP contribution in [-0.4, -0.2) is 56.3 Å². The van der Waals surface area contributed by atoms with Crippen molar-refractivity contribution in [2.45, 2.75) is 17.5 Å². The normalized spacial score (nSPS) is 29.1. The summed E-state index contributed by atoms with van der Waals surface area (Å²) >= 11 is 1.72. The van der Waals surface area contributed by atoms with Gasteiger partial charge in [0.2, 0.25) is 0 Å². The highest BCUT2D eigenvalue weighted by molar-refractivity contribution is 7.99. The number of benzene rings is 2. The Morgan fingerprint density at radius 2 is 2.00 bits per heavy atom. The maximum Gasteiger partial charge on any atom is 0.254 e. The third-order valence-corrected chi connectivity index (χ3v) is 9.26. The quantitative estimate of drug-likeness (QED) is 0.421. The SMILES string of the molecule is CN1C(=O)[C@@]2(c3ccccc31)N1CSCC1[C@H](c1ncc[nH]1)[C@@]2(C#N)C(=O)c1c[nH]c2ccccc12. The van der Waals surface area contributed by atoms with Crippen LogP contribution in [0.25, 0.3) is 10.9 Å². The van der Waals surface area contributed by atoms with Crippen molar-refractivity contribution in [1.82, 2.24) is 19.9 Å². The molecule has 1 spiro atoms. The standard InChI is InChI=1S/C27H22N6O2S/c1-32-20-9-5-3-7-18(20)27(25(32)35)26(14-28,23(34)17-12-31-19-8-4-2-6-16(17)19)22(24-29-10-11-30-24)21-13-36-15-33(21)27/h2-12,21-22,31H,13,15H2,1H3,(H,29,30)/t21?,22-,26+,27-/m1/s1. The monoisotopic (exact) mass is 494 g/mol. The molecule has 7 rings (SSSR count). The van der Waals surface area contributed by atoms with Crippen LogP contribution in [0.3, 0.4) is 0 Å². The summed E-state index contributed by atoms with van der Waals surface area (Å²) in [6.45, 7) is 0. The number of likely N-dealkylation sites (N-methyl/N-ethyl adjacent to an activating group) is 1. The Hall–Kier alpha value is -3.87. The number of amides is 1. The van der Waals surface area contributed by atoms with Gasteiger partial charge in [-0.15, -0.1) is 11.8 Å². The zero-order valence-corrected chi connectivity index (χ0v) is 20.2. The molecule has 8 nitrogen and oxygen atoms in total. The van der Waals surface area contributed by atoms with Crippen LogP contribution in [0.4, 0.5) is 5.69 Å². The molecule has 2 aromatic heterocycles. The smallest absolute Gasteiger partial charge is 0.254 e. The first-order valence-electron chi connectivity index (χ1n) is 11.8. The minimum Gasteiger partial charge on any atom is -0.360 e. The molecular weight excluding hydrogens is 472 g/mol. The third kappa shape index (κ3) is 2.27. The summed E-state index contributed by atoms with van der Waals surface area (Å²) in [5, 5.41) is 11.9. The van der Waals surface area contributed by atoms with Gasteiger partial charge in [0.05, 0.1) is 12.0 Å². The lowest BCUT2D eigenvalue weighted by molar-refractivity contribution is -0.131. The summed E-state index contributed by atoms with van der Waals surface area (Å²) in [6.07, 6.45) is 5.02. The molecule has 3 aliphatic rings. The van der Waals surface area contributed by atoms with Crippen LogP contribution in [0.2, 0.25) is 0 Å². The van der Waals surface area contributed by atoms with E-state index in [2.05, 4.69) is 25.9 Å². The van der Waals surface area contributed by atoms with Gasteiger partial charge in [-0.3, -0.25) is 14.5 Å². The maximum absolute atomic E-state index is 14.9. The highest BCUT2D eigenvalue weighted by Crippen LogP contribution is 2.68. The van der Waals surface area contributed by atoms with Gasteiger partial charge < -0.3 is 14.9 Å². The van der Waals surface area contributed by atoms with Gasteiger partial charge in [-0.25, -0.2) is 4.98 Å². The molecular formula is C27H22N6O2S. The number of aromatic amines is 2. The number of para-hydroxylation sites is 2. The number of aromatic nitrogens is 3. The van der Waals surface area contributed by atoms with Gasteiger partial charge in [-0.1, -0.05) is 36.4 Å². The van der Waals surface area contributed by atoms with Crippen LogP contribution in [0.5, 0.6) is 0 Å². The van der Waals surface area contributed by atoms with E-state index in [1.807, 2.05) is 48.5 Å². The third-order valence-electron chi connectivity index (χ3n) is 8.22. The fraction of sp³-hybridized carbons (Fsp3) is 0.259. The first-order valence-corrected chi connectivity index (χ1v) is 13.0. The van der Waals surface area contributed by atoms with Crippen molar-refractivity contribution in [2.24, 2.45) is 5.41 Å². The Morgan fingerprint density at radius 3 is 2.81 bits per heavy atom. The Balaban J connectivity index is 1.60. The number of Topliss-reactive ketones (excluding diaryl/α,β-unsaturated/α-hetero) is 1. The van der Waals surface area contributed by atoms with Gasteiger partial charge in [0.1, 0.15) is 5.82 Å². The molecule has 0 radical (unpaired) electrons. The van der Waals surface area contributed by atoms with E-state index in [9.17, 15) is 14.9 Å². The molecule has 4 aromatic rings. The number of nitrogens with one attached hydrogen (secondary N) is 2. The maximum atomic E-state index is 14.9. The average Bonchev–Trinajstić information content (AvgIpc) is 3.72. The second kappa shape index (κ2) is 7.32. The number of carbonyl (C=O) groups excluding carboxylic acids is 2. The molecule has 0 aliphatic carbocycles. The zero-order valence-electron chi connectivity index (χ0n) is 19.4. The topological polar surface area (TPSA) is 109 Å². The van der Waals surface area contributed by atoms with E-state index < -0.39 is 16.9 Å². The van der Waals surface area contributed by atoms with Crippen molar-refractivity contribution in [2.75, 3.05) is 23.6 Å². The minimum absolute atomic E-state index is 0.224. The van der Waals surface area contributed by atoms with E-state index >= 15 is 0 Å². The number of rotatable bonds is 3. The summed E-state index contributed by atoms with van der Waals surface area (Å²) in [4.78, 5) is 44.1. The summed E-state index contributed by atoms with van der Waals surface area (Å²) in [5.41, 5.74) is -0.579. The Kier molecular flexibility index (Phi) is 4.36. The van der Waals surface area contributed by atoms with Crippen LogP contribution in [0, 0.1) is 16.7 Å².